The number of halogens is 1. The summed E-state index contributed by atoms with van der Waals surface area (Å²) in [4.78, 5) is 27.8. The molecule has 0 unspecified atom stereocenters. The van der Waals surface area contributed by atoms with Crippen LogP contribution in [-0.2, 0) is 0 Å². The number of nitrogens with zero attached hydrogens (tertiary/aromatic N) is 1. The van der Waals surface area contributed by atoms with Gasteiger partial charge in [0.05, 0.1) is 5.56 Å². The number of ketones is 1. The Balaban J connectivity index is 1.81. The average Bonchev–Trinajstić information content (AvgIpc) is 2.95. The molecule has 0 amide bonds. The predicted molar refractivity (Wildman–Crippen MR) is 98.1 cm³/mol. The van der Waals surface area contributed by atoms with Crippen LogP contribution >= 0.6 is 22.9 Å². The Bertz CT molecular complexity index is 937. The van der Waals surface area contributed by atoms with Crippen molar-refractivity contribution >= 4 is 51.3 Å². The third-order valence-electron chi connectivity index (χ3n) is 3.35. The van der Waals surface area contributed by atoms with Crippen molar-refractivity contribution in [2.45, 2.75) is 0 Å². The van der Waals surface area contributed by atoms with Gasteiger partial charge in [-0.2, -0.15) is 0 Å². The molecule has 6 nitrogen and oxygen atoms in total. The van der Waals surface area contributed by atoms with Crippen LogP contribution in [0.25, 0.3) is 0 Å². The lowest BCUT2D eigenvalue weighted by Crippen LogP contribution is -2.02. The number of nitrogen functional groups attached to an aromatic ring is 1. The van der Waals surface area contributed by atoms with E-state index in [0.717, 1.165) is 11.3 Å². The molecule has 0 bridgehead atoms. The molecule has 0 saturated heterocycles. The van der Waals surface area contributed by atoms with E-state index >= 15 is 0 Å². The van der Waals surface area contributed by atoms with E-state index in [2.05, 4.69) is 10.3 Å². The summed E-state index contributed by atoms with van der Waals surface area (Å²) in [5.74, 6) is -1.10. The summed E-state index contributed by atoms with van der Waals surface area (Å²) in [5, 5.41) is 12.9. The van der Waals surface area contributed by atoms with E-state index in [0.29, 0.717) is 26.3 Å². The van der Waals surface area contributed by atoms with E-state index in [1.807, 2.05) is 0 Å². The lowest BCUT2D eigenvalue weighted by molar-refractivity contribution is 0.0696. The van der Waals surface area contributed by atoms with Crippen molar-refractivity contribution in [1.82, 2.24) is 4.98 Å². The van der Waals surface area contributed by atoms with Crippen molar-refractivity contribution in [1.29, 1.82) is 0 Å². The number of nitrogens with two attached hydrogens (primary N) is 1. The van der Waals surface area contributed by atoms with Crippen molar-refractivity contribution in [2.24, 2.45) is 0 Å². The van der Waals surface area contributed by atoms with Crippen LogP contribution in [0.15, 0.2) is 48.5 Å². The summed E-state index contributed by atoms with van der Waals surface area (Å²) in [6, 6.07) is 12.7. The Kier molecular flexibility index (Phi) is 4.69. The highest BCUT2D eigenvalue weighted by Gasteiger charge is 2.18. The first-order chi connectivity index (χ1) is 11.9. The third kappa shape index (κ3) is 3.78. The van der Waals surface area contributed by atoms with Gasteiger partial charge in [-0.3, -0.25) is 4.79 Å². The fraction of sp³-hybridized carbons (Fsp3) is 0. The van der Waals surface area contributed by atoms with Crippen LogP contribution < -0.4 is 11.1 Å². The minimum absolute atomic E-state index is 0.134. The number of aromatic carboxylic acids is 1. The molecule has 0 aliphatic rings. The van der Waals surface area contributed by atoms with E-state index in [-0.39, 0.29) is 17.2 Å². The lowest BCUT2D eigenvalue weighted by atomic mass is 10.1. The minimum Gasteiger partial charge on any atom is -0.478 e. The molecular formula is C17H12ClN3O3S. The molecule has 2 aromatic carbocycles. The average molecular weight is 374 g/mol. The number of thiazole rings is 1. The number of carboxylic acid groups (broad SMARTS) is 1. The molecule has 3 rings (SSSR count). The van der Waals surface area contributed by atoms with Gasteiger partial charge in [-0.15, -0.1) is 0 Å². The fourth-order valence-electron chi connectivity index (χ4n) is 2.10. The lowest BCUT2D eigenvalue weighted by Gasteiger charge is -2.02. The van der Waals surface area contributed by atoms with Crippen molar-refractivity contribution in [3.05, 3.63) is 69.6 Å². The molecule has 0 radical (unpaired) electrons. The summed E-state index contributed by atoms with van der Waals surface area (Å²) in [6.07, 6.45) is 0. The maximum absolute atomic E-state index is 12.5. The quantitative estimate of drug-likeness (QED) is 0.582. The van der Waals surface area contributed by atoms with Gasteiger partial charge in [-0.1, -0.05) is 22.9 Å². The van der Waals surface area contributed by atoms with E-state index in [9.17, 15) is 9.59 Å². The molecule has 126 valence electrons. The third-order valence-corrected chi connectivity index (χ3v) is 4.59. The molecule has 0 aliphatic carbocycles. The molecule has 0 fully saturated rings. The zero-order valence-electron chi connectivity index (χ0n) is 12.7. The van der Waals surface area contributed by atoms with Gasteiger partial charge in [-0.05, 0) is 48.5 Å². The largest absolute Gasteiger partial charge is 0.478 e. The molecule has 8 heteroatoms. The van der Waals surface area contributed by atoms with Crippen molar-refractivity contribution in [2.75, 3.05) is 11.1 Å². The van der Waals surface area contributed by atoms with Crippen LogP contribution in [-0.4, -0.2) is 21.8 Å². The minimum atomic E-state index is -0.999. The molecule has 25 heavy (non-hydrogen) atoms. The molecule has 3 aromatic rings. The summed E-state index contributed by atoms with van der Waals surface area (Å²) in [5.41, 5.74) is 7.16. The second-order valence-corrected chi connectivity index (χ2v) is 6.51. The van der Waals surface area contributed by atoms with Gasteiger partial charge in [-0.25, -0.2) is 9.78 Å². The molecule has 0 spiro atoms. The first-order valence-corrected chi connectivity index (χ1v) is 8.30. The number of nitrogens with one attached hydrogen (secondary N) is 1. The van der Waals surface area contributed by atoms with Gasteiger partial charge < -0.3 is 16.2 Å². The monoisotopic (exact) mass is 373 g/mol. The van der Waals surface area contributed by atoms with Gasteiger partial charge in [0.2, 0.25) is 5.78 Å². The van der Waals surface area contributed by atoms with E-state index < -0.39 is 5.97 Å². The van der Waals surface area contributed by atoms with Crippen LogP contribution in [0.5, 0.6) is 0 Å². The number of carbonyl (C=O) groups is 2. The highest BCUT2D eigenvalue weighted by Crippen LogP contribution is 2.30. The second-order valence-electron chi connectivity index (χ2n) is 5.08. The number of hydrogen-bond donors (Lipinski definition) is 3. The van der Waals surface area contributed by atoms with Crippen molar-refractivity contribution < 1.29 is 14.7 Å². The maximum atomic E-state index is 12.5. The molecule has 0 atom stereocenters. The van der Waals surface area contributed by atoms with E-state index in [1.165, 1.54) is 12.1 Å². The number of carbonyl (C=O) groups excluding carboxylic acids is 1. The number of benzene rings is 2. The topological polar surface area (TPSA) is 105 Å². The Morgan fingerprint density at radius 3 is 2.24 bits per heavy atom. The van der Waals surface area contributed by atoms with Gasteiger partial charge >= 0.3 is 5.97 Å². The molecule has 0 aliphatic heterocycles. The zero-order valence-corrected chi connectivity index (χ0v) is 14.3. The van der Waals surface area contributed by atoms with Gasteiger partial charge in [0.1, 0.15) is 10.7 Å². The molecular weight excluding hydrogens is 362 g/mol. The van der Waals surface area contributed by atoms with Gasteiger partial charge in [0, 0.05) is 16.3 Å². The van der Waals surface area contributed by atoms with Gasteiger partial charge in [0.15, 0.2) is 5.13 Å². The molecule has 1 aromatic heterocycles. The highest BCUT2D eigenvalue weighted by atomic mass is 35.5. The standard InChI is InChI=1S/C17H12ClN3O3S/c18-11-5-1-9(2-6-11)13(22)14-15(19)21-17(25-14)20-12-7-3-10(4-8-12)16(23)24/h1-8H,19H2,(H,20,21)(H,23,24). The second kappa shape index (κ2) is 6.92. The highest BCUT2D eigenvalue weighted by molar-refractivity contribution is 7.18. The smallest absolute Gasteiger partial charge is 0.335 e. The van der Waals surface area contributed by atoms with Crippen LogP contribution in [0.1, 0.15) is 25.6 Å². The van der Waals surface area contributed by atoms with Crippen LogP contribution in [0.4, 0.5) is 16.6 Å². The van der Waals surface area contributed by atoms with E-state index in [1.54, 1.807) is 36.4 Å². The SMILES string of the molecule is Nc1nc(Nc2ccc(C(=O)O)cc2)sc1C(=O)c1ccc(Cl)cc1. The Morgan fingerprint density at radius 2 is 1.64 bits per heavy atom. The predicted octanol–water partition coefficient (Wildman–Crippen LogP) is 4.05. The van der Waals surface area contributed by atoms with Gasteiger partial charge in [0.25, 0.3) is 0 Å². The molecule has 1 heterocycles. The number of carboxylic acids is 1. The number of aromatic nitrogens is 1. The Labute approximate surface area is 151 Å². The Hall–Kier alpha value is -2.90. The van der Waals surface area contributed by atoms with Crippen LogP contribution in [0.3, 0.4) is 0 Å². The molecule has 0 saturated carbocycles. The zero-order chi connectivity index (χ0) is 18.0. The summed E-state index contributed by atoms with van der Waals surface area (Å²) < 4.78 is 0. The fourth-order valence-corrected chi connectivity index (χ4v) is 3.09. The first-order valence-electron chi connectivity index (χ1n) is 7.11. The summed E-state index contributed by atoms with van der Waals surface area (Å²) >= 11 is 6.95. The van der Waals surface area contributed by atoms with Crippen molar-refractivity contribution in [3.63, 3.8) is 0 Å². The van der Waals surface area contributed by atoms with Crippen LogP contribution in [0.2, 0.25) is 5.02 Å². The van der Waals surface area contributed by atoms with Crippen molar-refractivity contribution in [3.8, 4) is 0 Å². The summed E-state index contributed by atoms with van der Waals surface area (Å²) in [7, 11) is 0. The molecule has 4 N–H and O–H groups in total. The first kappa shape index (κ1) is 16.9. The van der Waals surface area contributed by atoms with Crippen LogP contribution in [0, 0.1) is 0 Å². The normalized spacial score (nSPS) is 10.4. The van der Waals surface area contributed by atoms with E-state index in [4.69, 9.17) is 22.4 Å². The summed E-state index contributed by atoms with van der Waals surface area (Å²) in [6.45, 7) is 0. The number of anilines is 3. The number of rotatable bonds is 5. The maximum Gasteiger partial charge on any atom is 0.335 e. The Morgan fingerprint density at radius 1 is 1.04 bits per heavy atom. The number of hydrogen-bond acceptors (Lipinski definition) is 6.